The normalized spacial score (nSPS) is 12.5. The van der Waals surface area contributed by atoms with Crippen molar-refractivity contribution in [3.05, 3.63) is 23.2 Å². The van der Waals surface area contributed by atoms with Crippen LogP contribution < -0.4 is 10.6 Å². The molecule has 1 unspecified atom stereocenters. The van der Waals surface area contributed by atoms with Crippen molar-refractivity contribution in [3.8, 4) is 0 Å². The molecule has 1 rings (SSSR count). The van der Waals surface area contributed by atoms with Crippen LogP contribution in [0.15, 0.2) is 10.5 Å². The Bertz CT molecular complexity index is 358. The maximum Gasteiger partial charge on any atom is 0.221 e. The second-order valence-corrected chi connectivity index (χ2v) is 4.10. The standard InChI is InChI=1S/C12H20N2O2/c1-8(5-12(15)13-4)14-7-11-6-9(2)16-10(11)3/h6,8,14H,5,7H2,1-4H3,(H,13,15). The Morgan fingerprint density at radius 3 is 2.69 bits per heavy atom. The Hall–Kier alpha value is -1.29. The van der Waals surface area contributed by atoms with Crippen molar-refractivity contribution in [2.75, 3.05) is 7.05 Å². The Balaban J connectivity index is 2.39. The van der Waals surface area contributed by atoms with Gasteiger partial charge in [0, 0.05) is 31.6 Å². The van der Waals surface area contributed by atoms with E-state index >= 15 is 0 Å². The minimum Gasteiger partial charge on any atom is -0.466 e. The first-order valence-corrected chi connectivity index (χ1v) is 5.52. The van der Waals surface area contributed by atoms with Gasteiger partial charge in [0.1, 0.15) is 11.5 Å². The van der Waals surface area contributed by atoms with Gasteiger partial charge < -0.3 is 15.1 Å². The van der Waals surface area contributed by atoms with E-state index in [1.165, 1.54) is 0 Å². The van der Waals surface area contributed by atoms with E-state index < -0.39 is 0 Å². The van der Waals surface area contributed by atoms with E-state index in [1.54, 1.807) is 7.05 Å². The summed E-state index contributed by atoms with van der Waals surface area (Å²) in [4.78, 5) is 11.1. The fourth-order valence-corrected chi connectivity index (χ4v) is 1.60. The van der Waals surface area contributed by atoms with Gasteiger partial charge >= 0.3 is 0 Å². The largest absolute Gasteiger partial charge is 0.466 e. The van der Waals surface area contributed by atoms with Crippen LogP contribution in [0.2, 0.25) is 0 Å². The molecular formula is C12H20N2O2. The van der Waals surface area contributed by atoms with Crippen molar-refractivity contribution in [2.45, 2.75) is 39.8 Å². The van der Waals surface area contributed by atoms with Crippen LogP contribution in [0, 0.1) is 13.8 Å². The third-order valence-corrected chi connectivity index (χ3v) is 2.56. The van der Waals surface area contributed by atoms with Crippen molar-refractivity contribution < 1.29 is 9.21 Å². The average Bonchev–Trinajstić information content (AvgIpc) is 2.54. The monoisotopic (exact) mass is 224 g/mol. The Morgan fingerprint density at radius 1 is 1.50 bits per heavy atom. The molecule has 1 aromatic heterocycles. The summed E-state index contributed by atoms with van der Waals surface area (Å²) in [7, 11) is 1.65. The lowest BCUT2D eigenvalue weighted by Gasteiger charge is -2.12. The van der Waals surface area contributed by atoms with E-state index in [0.29, 0.717) is 6.42 Å². The van der Waals surface area contributed by atoms with Gasteiger partial charge in [-0.15, -0.1) is 0 Å². The van der Waals surface area contributed by atoms with Crippen LogP contribution in [0.4, 0.5) is 0 Å². The molecule has 1 amide bonds. The fraction of sp³-hybridized carbons (Fsp3) is 0.583. The fourth-order valence-electron chi connectivity index (χ4n) is 1.60. The van der Waals surface area contributed by atoms with E-state index in [9.17, 15) is 4.79 Å². The lowest BCUT2D eigenvalue weighted by Crippen LogP contribution is -2.32. The number of hydrogen-bond acceptors (Lipinski definition) is 3. The van der Waals surface area contributed by atoms with Gasteiger partial charge in [-0.2, -0.15) is 0 Å². The van der Waals surface area contributed by atoms with Crippen LogP contribution in [0.1, 0.15) is 30.4 Å². The number of carbonyl (C=O) groups excluding carboxylic acids is 1. The van der Waals surface area contributed by atoms with Crippen molar-refractivity contribution in [1.29, 1.82) is 0 Å². The summed E-state index contributed by atoms with van der Waals surface area (Å²) in [5.41, 5.74) is 1.15. The van der Waals surface area contributed by atoms with Crippen LogP contribution in [0.3, 0.4) is 0 Å². The maximum absolute atomic E-state index is 11.1. The molecule has 1 aromatic rings. The number of aryl methyl sites for hydroxylation is 2. The molecule has 0 spiro atoms. The second-order valence-electron chi connectivity index (χ2n) is 4.10. The van der Waals surface area contributed by atoms with E-state index in [-0.39, 0.29) is 11.9 Å². The summed E-state index contributed by atoms with van der Waals surface area (Å²) >= 11 is 0. The zero-order chi connectivity index (χ0) is 12.1. The molecule has 0 saturated carbocycles. The molecule has 0 radical (unpaired) electrons. The molecule has 0 aliphatic carbocycles. The van der Waals surface area contributed by atoms with Gasteiger partial charge in [-0.25, -0.2) is 0 Å². The van der Waals surface area contributed by atoms with Crippen LogP contribution >= 0.6 is 0 Å². The predicted octanol–water partition coefficient (Wildman–Crippen LogP) is 1.51. The number of amides is 1. The van der Waals surface area contributed by atoms with Crippen LogP contribution in [0.25, 0.3) is 0 Å². The van der Waals surface area contributed by atoms with Crippen LogP contribution in [-0.2, 0) is 11.3 Å². The van der Waals surface area contributed by atoms with Crippen LogP contribution in [0.5, 0.6) is 0 Å². The summed E-state index contributed by atoms with van der Waals surface area (Å²) < 4.78 is 5.43. The molecule has 4 heteroatoms. The molecule has 16 heavy (non-hydrogen) atoms. The summed E-state index contributed by atoms with van der Waals surface area (Å²) in [6, 6.07) is 2.18. The zero-order valence-corrected chi connectivity index (χ0v) is 10.4. The number of nitrogens with one attached hydrogen (secondary N) is 2. The quantitative estimate of drug-likeness (QED) is 0.797. The third kappa shape index (κ3) is 3.70. The van der Waals surface area contributed by atoms with Gasteiger partial charge in [-0.1, -0.05) is 0 Å². The van der Waals surface area contributed by atoms with Gasteiger partial charge in [0.05, 0.1) is 0 Å². The molecule has 0 aliphatic heterocycles. The lowest BCUT2D eigenvalue weighted by atomic mass is 10.2. The minimum atomic E-state index is 0.0556. The van der Waals surface area contributed by atoms with Crippen molar-refractivity contribution in [1.82, 2.24) is 10.6 Å². The first kappa shape index (κ1) is 12.8. The van der Waals surface area contributed by atoms with E-state index in [0.717, 1.165) is 23.6 Å². The zero-order valence-electron chi connectivity index (χ0n) is 10.4. The van der Waals surface area contributed by atoms with E-state index in [2.05, 4.69) is 10.6 Å². The van der Waals surface area contributed by atoms with E-state index in [4.69, 9.17) is 4.42 Å². The molecule has 2 N–H and O–H groups in total. The van der Waals surface area contributed by atoms with Gasteiger partial charge in [0.15, 0.2) is 0 Å². The Labute approximate surface area is 96.4 Å². The molecule has 0 aromatic carbocycles. The first-order valence-electron chi connectivity index (χ1n) is 5.52. The molecule has 0 saturated heterocycles. The summed E-state index contributed by atoms with van der Waals surface area (Å²) in [5.74, 6) is 1.92. The predicted molar refractivity (Wildman–Crippen MR) is 63.2 cm³/mol. The van der Waals surface area contributed by atoms with Crippen molar-refractivity contribution in [3.63, 3.8) is 0 Å². The second kappa shape index (κ2) is 5.70. The molecular weight excluding hydrogens is 204 g/mol. The smallest absolute Gasteiger partial charge is 0.221 e. The van der Waals surface area contributed by atoms with Gasteiger partial charge in [0.25, 0.3) is 0 Å². The van der Waals surface area contributed by atoms with E-state index in [1.807, 2.05) is 26.8 Å². The Kier molecular flexibility index (Phi) is 4.55. The maximum atomic E-state index is 11.1. The topological polar surface area (TPSA) is 54.3 Å². The molecule has 1 heterocycles. The molecule has 1 atom stereocenters. The SMILES string of the molecule is CNC(=O)CC(C)NCc1cc(C)oc1C. The molecule has 0 bridgehead atoms. The number of carbonyl (C=O) groups is 1. The average molecular weight is 224 g/mol. The van der Waals surface area contributed by atoms with Crippen molar-refractivity contribution >= 4 is 5.91 Å². The highest BCUT2D eigenvalue weighted by molar-refractivity contribution is 5.76. The highest BCUT2D eigenvalue weighted by Gasteiger charge is 2.09. The third-order valence-electron chi connectivity index (χ3n) is 2.56. The summed E-state index contributed by atoms with van der Waals surface area (Å²) in [5, 5.41) is 5.91. The highest BCUT2D eigenvalue weighted by atomic mass is 16.3. The van der Waals surface area contributed by atoms with Crippen molar-refractivity contribution in [2.24, 2.45) is 0 Å². The number of hydrogen-bond donors (Lipinski definition) is 2. The summed E-state index contributed by atoms with van der Waals surface area (Å²) in [6.07, 6.45) is 0.492. The number of furan rings is 1. The number of rotatable bonds is 5. The lowest BCUT2D eigenvalue weighted by molar-refractivity contribution is -0.121. The first-order chi connectivity index (χ1) is 7.52. The summed E-state index contributed by atoms with van der Waals surface area (Å²) in [6.45, 7) is 6.62. The minimum absolute atomic E-state index is 0.0556. The molecule has 4 nitrogen and oxygen atoms in total. The molecule has 0 fully saturated rings. The van der Waals surface area contributed by atoms with Crippen LogP contribution in [-0.4, -0.2) is 19.0 Å². The molecule has 90 valence electrons. The van der Waals surface area contributed by atoms with Gasteiger partial charge in [-0.05, 0) is 26.8 Å². The Morgan fingerprint density at radius 2 is 2.19 bits per heavy atom. The molecule has 0 aliphatic rings. The van der Waals surface area contributed by atoms with Gasteiger partial charge in [0.2, 0.25) is 5.91 Å². The highest BCUT2D eigenvalue weighted by Crippen LogP contribution is 2.13. The van der Waals surface area contributed by atoms with Gasteiger partial charge in [-0.3, -0.25) is 4.79 Å².